The van der Waals surface area contributed by atoms with Crippen molar-refractivity contribution in [2.75, 3.05) is 73.6 Å². The summed E-state index contributed by atoms with van der Waals surface area (Å²) in [6.45, 7) is 15.5. The zero-order valence-corrected chi connectivity index (χ0v) is 39.8. The van der Waals surface area contributed by atoms with Gasteiger partial charge in [0.1, 0.15) is 11.6 Å². The van der Waals surface area contributed by atoms with Crippen molar-refractivity contribution < 1.29 is 126 Å². The second kappa shape index (κ2) is 17.4. The molecule has 0 N–H and O–H groups in total. The molecule has 0 aromatic carbocycles. The number of anilines is 3. The van der Waals surface area contributed by atoms with Crippen LogP contribution >= 0.6 is 7.82 Å². The fraction of sp³-hybridized carbons (Fsp3) is 0.868. The summed E-state index contributed by atoms with van der Waals surface area (Å²) in [6.07, 6.45) is 12.2. The molecule has 0 amide bonds. The molecule has 7 fully saturated rings. The summed E-state index contributed by atoms with van der Waals surface area (Å²) >= 11 is 0. The molecule has 52 heavy (non-hydrogen) atoms. The maximum absolute atomic E-state index is 14.3. The second-order valence-electron chi connectivity index (χ2n) is 17.8. The van der Waals surface area contributed by atoms with Gasteiger partial charge in [-0.25, -0.2) is 0 Å². The largest absolute Gasteiger partial charge is 1.00 e. The Balaban J connectivity index is 0.00000232. The molecule has 4 aliphatic carbocycles. The quantitative estimate of drug-likeness (QED) is 0.226. The van der Waals surface area contributed by atoms with Crippen molar-refractivity contribution in [3.63, 3.8) is 0 Å². The van der Waals surface area contributed by atoms with E-state index in [1.807, 2.05) is 0 Å². The van der Waals surface area contributed by atoms with E-state index in [2.05, 4.69) is 46.4 Å². The Hall–Kier alpha value is 1.49. The number of piperazine rings is 1. The van der Waals surface area contributed by atoms with E-state index in [1.54, 1.807) is 0 Å². The number of nitrogens with zero attached hydrogens (tertiary/aromatic N) is 6. The van der Waals surface area contributed by atoms with E-state index < -0.39 is 13.9 Å². The van der Waals surface area contributed by atoms with Crippen molar-refractivity contribution in [3.05, 3.63) is 6.07 Å². The van der Waals surface area contributed by atoms with Crippen LogP contribution in [-0.4, -0.2) is 85.7 Å². The summed E-state index contributed by atoms with van der Waals surface area (Å²) in [7, 11) is -4.97. The molecule has 7 aliphatic rings. The number of hydrogen-bond acceptors (Lipinski definition) is 11. The van der Waals surface area contributed by atoms with Crippen LogP contribution in [0, 0.1) is 46.3 Å². The fourth-order valence-electron chi connectivity index (χ4n) is 12.7. The van der Waals surface area contributed by atoms with E-state index in [4.69, 9.17) is 14.5 Å². The Kier molecular flexibility index (Phi) is 14.4. The maximum atomic E-state index is 14.3. The van der Waals surface area contributed by atoms with Gasteiger partial charge in [-0.05, 0) is 117 Å². The van der Waals surface area contributed by atoms with Crippen molar-refractivity contribution >= 4 is 31.2 Å². The normalized spacial score (nSPS) is 37.9. The maximum Gasteiger partial charge on any atom is 1.00 e. The van der Waals surface area contributed by atoms with Crippen LogP contribution in [-0.2, 0) is 13.9 Å². The number of rotatable bonds is 8. The fourth-order valence-corrected chi connectivity index (χ4v) is 13.3. The molecule has 11 nitrogen and oxygen atoms in total. The molecule has 14 heteroatoms. The number of Topliss-reactive ketones (excluding diaryl/α,β-unsaturated/α-hetero) is 1. The minimum atomic E-state index is -4.97. The zero-order chi connectivity index (χ0) is 34.8. The summed E-state index contributed by atoms with van der Waals surface area (Å²) in [4.78, 5) is 56.7. The number of carbonyl (C=O) groups excluding carboxylic acids is 1. The van der Waals surface area contributed by atoms with Gasteiger partial charge in [-0.3, -0.25) is 9.69 Å². The number of fused-ring (bicyclic) bond motifs is 5. The molecule has 278 valence electrons. The van der Waals surface area contributed by atoms with Crippen molar-refractivity contribution in [3.8, 4) is 0 Å². The number of aromatic nitrogens is 2. The van der Waals surface area contributed by atoms with Crippen LogP contribution in [0.5, 0.6) is 0 Å². The van der Waals surface area contributed by atoms with Gasteiger partial charge in [-0.2, -0.15) is 9.97 Å². The van der Waals surface area contributed by atoms with Crippen LogP contribution in [0.2, 0.25) is 0 Å². The Labute approximate surface area is 397 Å². The number of carbonyl (C=O) groups is 1. The Morgan fingerprint density at radius 1 is 0.808 bits per heavy atom. The Morgan fingerprint density at radius 2 is 1.40 bits per heavy atom. The Bertz CT molecular complexity index is 1430. The number of hydrogen-bond donors (Lipinski definition) is 0. The summed E-state index contributed by atoms with van der Waals surface area (Å²) in [5.74, 6) is 6.10. The van der Waals surface area contributed by atoms with Gasteiger partial charge >= 0.3 is 103 Å². The molecule has 3 saturated heterocycles. The van der Waals surface area contributed by atoms with Crippen molar-refractivity contribution in [2.45, 2.75) is 104 Å². The molecule has 0 unspecified atom stereocenters. The first-order valence-electron chi connectivity index (χ1n) is 20.0. The first-order valence-corrected chi connectivity index (χ1v) is 21.5. The van der Waals surface area contributed by atoms with Gasteiger partial charge in [0.25, 0.3) is 0 Å². The predicted octanol–water partition coefficient (Wildman–Crippen LogP) is -1.51. The van der Waals surface area contributed by atoms with Crippen molar-refractivity contribution in [2.24, 2.45) is 46.3 Å². The van der Waals surface area contributed by atoms with Crippen LogP contribution < -0.4 is 127 Å². The van der Waals surface area contributed by atoms with Crippen LogP contribution in [0.15, 0.2) is 6.07 Å². The van der Waals surface area contributed by atoms with Gasteiger partial charge in [0.05, 0.1) is 20.5 Å². The average molecular weight is 789 g/mol. The van der Waals surface area contributed by atoms with Gasteiger partial charge in [-0.1, -0.05) is 20.8 Å². The predicted molar refractivity (Wildman–Crippen MR) is 191 cm³/mol. The SMILES string of the molecule is C[C@@H]1C[C@H]2[C@@H]3CC[C@H]4C[C@@H](OP(=O)([O-])[O-])CC[C@]4(C)[C@H]3CC[C@]2(C)[C@H]1C(=O)CN1CCN(c2cc(N3CCCC3)nc(N3CCCC3)n2)CC1.[K+].[K+]. The van der Waals surface area contributed by atoms with Gasteiger partial charge in [0.15, 0.2) is 5.78 Å². The van der Waals surface area contributed by atoms with E-state index in [9.17, 15) is 19.1 Å². The van der Waals surface area contributed by atoms with Gasteiger partial charge < -0.3 is 33.6 Å². The molecule has 4 saturated carbocycles. The molecule has 9 atom stereocenters. The molecule has 3 aliphatic heterocycles. The topological polar surface area (TPSA) is 128 Å². The van der Waals surface area contributed by atoms with E-state index in [-0.39, 0.29) is 120 Å². The van der Waals surface area contributed by atoms with Crippen LogP contribution in [0.3, 0.4) is 0 Å². The second-order valence-corrected chi connectivity index (χ2v) is 18.9. The molecule has 4 heterocycles. The van der Waals surface area contributed by atoms with E-state index in [0.29, 0.717) is 54.8 Å². The number of ketones is 1. The summed E-state index contributed by atoms with van der Waals surface area (Å²) in [5, 5.41) is 0. The average Bonchev–Trinajstić information content (AvgIpc) is 3.86. The number of phosphoric ester groups is 1. The van der Waals surface area contributed by atoms with E-state index in [0.717, 1.165) is 108 Å². The third-order valence-corrected chi connectivity index (χ3v) is 15.7. The van der Waals surface area contributed by atoms with Crippen molar-refractivity contribution in [1.82, 2.24) is 14.9 Å². The van der Waals surface area contributed by atoms with Gasteiger partial charge in [0, 0.05) is 64.3 Å². The third-order valence-electron chi connectivity index (χ3n) is 15.2. The minimum absolute atomic E-state index is 0. The van der Waals surface area contributed by atoms with Crippen molar-refractivity contribution in [1.29, 1.82) is 0 Å². The molecule has 8 rings (SSSR count). The molecular weight excluding hydrogens is 730 g/mol. The summed E-state index contributed by atoms with van der Waals surface area (Å²) in [6, 6.07) is 2.20. The smallest absolute Gasteiger partial charge is 0.790 e. The first kappa shape index (κ1) is 43.1. The summed E-state index contributed by atoms with van der Waals surface area (Å²) in [5.41, 5.74) is 0.193. The Morgan fingerprint density at radius 3 is 2.04 bits per heavy atom. The van der Waals surface area contributed by atoms with Crippen LogP contribution in [0.4, 0.5) is 17.6 Å². The van der Waals surface area contributed by atoms with E-state index >= 15 is 0 Å². The molecular formula is C38H59K2N6O5P. The molecule has 1 aromatic heterocycles. The molecule has 0 spiro atoms. The zero-order valence-electron chi connectivity index (χ0n) is 32.6. The standard InChI is InChI=1S/C38H61N6O5P.2K/c1-26-22-31-29-9-8-27-23-28(49-50(46,47)48)10-12-37(27,2)30(29)11-13-38(31,3)35(26)32(45)25-41-18-20-43(21-19-41)34-24-33(42-14-4-5-15-42)39-36(40-34)44-16-6-7-17-44;;/h24,26-31,35H,4-23,25H2,1-3H3,(H2,46,47,48);;/q;2*+1/p-2/t26-,27+,28+,29-,30+,31+,35-,37+,38+;;/m1../s1. The van der Waals surface area contributed by atoms with E-state index in [1.165, 1.54) is 25.7 Å². The first-order chi connectivity index (χ1) is 23.9. The van der Waals surface area contributed by atoms with Gasteiger partial charge in [-0.15, -0.1) is 0 Å². The summed E-state index contributed by atoms with van der Waals surface area (Å²) < 4.78 is 16.3. The van der Waals surface area contributed by atoms with Gasteiger partial charge in [0.2, 0.25) is 5.95 Å². The third kappa shape index (κ3) is 8.61. The van der Waals surface area contributed by atoms with Crippen LogP contribution in [0.25, 0.3) is 0 Å². The number of phosphoric acid groups is 1. The van der Waals surface area contributed by atoms with Crippen LogP contribution in [0.1, 0.15) is 97.8 Å². The monoisotopic (exact) mass is 788 g/mol. The molecule has 1 aromatic rings. The molecule has 0 bridgehead atoms. The minimum Gasteiger partial charge on any atom is -0.790 e. The molecule has 0 radical (unpaired) electrons.